The van der Waals surface area contributed by atoms with Crippen molar-refractivity contribution in [1.29, 1.82) is 0 Å². The predicted octanol–water partition coefficient (Wildman–Crippen LogP) is 4.36. The molecular weight excluding hydrogens is 300 g/mol. The van der Waals surface area contributed by atoms with E-state index in [0.717, 1.165) is 5.33 Å². The lowest BCUT2D eigenvalue weighted by Crippen LogP contribution is -2.16. The largest absolute Gasteiger partial charge is 0.371 e. The number of fused-ring (bicyclic) bond motifs is 1. The minimum atomic E-state index is 0.0654. The fourth-order valence-electron chi connectivity index (χ4n) is 1.76. The van der Waals surface area contributed by atoms with Crippen LogP contribution in [-0.2, 0) is 11.3 Å². The van der Waals surface area contributed by atoms with E-state index in [2.05, 4.69) is 52.3 Å². The molecule has 90 valence electrons. The molecule has 0 saturated heterocycles. The quantitative estimate of drug-likeness (QED) is 0.745. The molecule has 17 heavy (non-hydrogen) atoms. The molecule has 0 radical (unpaired) electrons. The van der Waals surface area contributed by atoms with Crippen molar-refractivity contribution in [1.82, 2.24) is 0 Å². The highest BCUT2D eigenvalue weighted by Gasteiger charge is 2.07. The van der Waals surface area contributed by atoms with Crippen molar-refractivity contribution in [3.05, 3.63) is 48.0 Å². The van der Waals surface area contributed by atoms with Crippen molar-refractivity contribution in [2.75, 3.05) is 11.2 Å². The van der Waals surface area contributed by atoms with Gasteiger partial charge in [-0.15, -0.1) is 11.6 Å². The SMILES string of the molecule is ClC[C@H](CBr)OCc1cccc2ccccc12. The summed E-state index contributed by atoms with van der Waals surface area (Å²) in [7, 11) is 0. The van der Waals surface area contributed by atoms with Crippen LogP contribution >= 0.6 is 27.5 Å². The molecule has 2 aromatic rings. The van der Waals surface area contributed by atoms with Crippen molar-refractivity contribution in [3.8, 4) is 0 Å². The van der Waals surface area contributed by atoms with Crippen LogP contribution in [0, 0.1) is 0 Å². The second-order valence-electron chi connectivity index (χ2n) is 3.88. The number of alkyl halides is 2. The van der Waals surface area contributed by atoms with Gasteiger partial charge in [-0.1, -0.05) is 58.4 Å². The van der Waals surface area contributed by atoms with Gasteiger partial charge in [0.25, 0.3) is 0 Å². The Morgan fingerprint density at radius 1 is 1.12 bits per heavy atom. The van der Waals surface area contributed by atoms with Crippen molar-refractivity contribution >= 4 is 38.3 Å². The van der Waals surface area contributed by atoms with E-state index in [1.54, 1.807) is 0 Å². The molecule has 2 rings (SSSR count). The Labute approximate surface area is 115 Å². The van der Waals surface area contributed by atoms with Crippen LogP contribution in [-0.4, -0.2) is 17.3 Å². The lowest BCUT2D eigenvalue weighted by atomic mass is 10.1. The second kappa shape index (κ2) is 6.39. The first kappa shape index (κ1) is 12.9. The summed E-state index contributed by atoms with van der Waals surface area (Å²) in [4.78, 5) is 0. The normalized spacial score (nSPS) is 12.8. The summed E-state index contributed by atoms with van der Waals surface area (Å²) in [5.74, 6) is 0.510. The van der Waals surface area contributed by atoms with Crippen LogP contribution in [0.1, 0.15) is 5.56 Å². The van der Waals surface area contributed by atoms with Gasteiger partial charge >= 0.3 is 0 Å². The van der Waals surface area contributed by atoms with Crippen LogP contribution in [0.25, 0.3) is 10.8 Å². The molecule has 2 aromatic carbocycles. The van der Waals surface area contributed by atoms with Gasteiger partial charge in [-0.25, -0.2) is 0 Å². The maximum absolute atomic E-state index is 5.80. The maximum atomic E-state index is 5.80. The van der Waals surface area contributed by atoms with Crippen molar-refractivity contribution < 1.29 is 4.74 Å². The van der Waals surface area contributed by atoms with E-state index in [0.29, 0.717) is 12.5 Å². The van der Waals surface area contributed by atoms with Crippen molar-refractivity contribution in [2.45, 2.75) is 12.7 Å². The van der Waals surface area contributed by atoms with Gasteiger partial charge in [-0.05, 0) is 16.3 Å². The molecule has 0 unspecified atom stereocenters. The molecule has 0 spiro atoms. The third-order valence-electron chi connectivity index (χ3n) is 2.70. The van der Waals surface area contributed by atoms with E-state index in [-0.39, 0.29) is 6.10 Å². The molecule has 0 saturated carbocycles. The molecule has 0 N–H and O–H groups in total. The Kier molecular flexibility index (Phi) is 4.84. The number of rotatable bonds is 5. The molecule has 0 fully saturated rings. The smallest absolute Gasteiger partial charge is 0.0811 e. The van der Waals surface area contributed by atoms with Gasteiger partial charge in [0, 0.05) is 11.2 Å². The lowest BCUT2D eigenvalue weighted by Gasteiger charge is -2.13. The van der Waals surface area contributed by atoms with E-state index in [9.17, 15) is 0 Å². The second-order valence-corrected chi connectivity index (χ2v) is 4.84. The average molecular weight is 314 g/mol. The number of halogens is 2. The topological polar surface area (TPSA) is 9.23 Å². The summed E-state index contributed by atoms with van der Waals surface area (Å²) < 4.78 is 5.76. The molecule has 0 aliphatic rings. The van der Waals surface area contributed by atoms with E-state index < -0.39 is 0 Å². The van der Waals surface area contributed by atoms with Crippen LogP contribution in [0.2, 0.25) is 0 Å². The van der Waals surface area contributed by atoms with Gasteiger partial charge in [0.05, 0.1) is 12.7 Å². The number of ether oxygens (including phenoxy) is 1. The Hall–Kier alpha value is -0.570. The highest BCUT2D eigenvalue weighted by molar-refractivity contribution is 9.09. The highest BCUT2D eigenvalue weighted by atomic mass is 79.9. The van der Waals surface area contributed by atoms with Crippen LogP contribution in [0.3, 0.4) is 0 Å². The van der Waals surface area contributed by atoms with E-state index >= 15 is 0 Å². The minimum absolute atomic E-state index is 0.0654. The molecule has 0 bridgehead atoms. The summed E-state index contributed by atoms with van der Waals surface area (Å²) >= 11 is 9.19. The zero-order chi connectivity index (χ0) is 12.1. The molecule has 3 heteroatoms. The first-order valence-electron chi connectivity index (χ1n) is 5.55. The maximum Gasteiger partial charge on any atom is 0.0811 e. The summed E-state index contributed by atoms with van der Waals surface area (Å²) in [5, 5.41) is 3.26. The summed E-state index contributed by atoms with van der Waals surface area (Å²) in [5.41, 5.74) is 1.21. The summed E-state index contributed by atoms with van der Waals surface area (Å²) in [6, 6.07) is 14.6. The number of hydrogen-bond donors (Lipinski definition) is 0. The van der Waals surface area contributed by atoms with Crippen LogP contribution in [0.5, 0.6) is 0 Å². The fraction of sp³-hybridized carbons (Fsp3) is 0.286. The van der Waals surface area contributed by atoms with Gasteiger partial charge < -0.3 is 4.74 Å². The Morgan fingerprint density at radius 2 is 1.88 bits per heavy atom. The standard InChI is InChI=1S/C14H14BrClO/c15-8-13(9-16)17-10-12-6-3-5-11-4-1-2-7-14(11)12/h1-7,13H,8-10H2/t13-/m0/s1. The van der Waals surface area contributed by atoms with Crippen LogP contribution in [0.15, 0.2) is 42.5 Å². The molecule has 1 atom stereocenters. The first-order valence-corrected chi connectivity index (χ1v) is 7.21. The minimum Gasteiger partial charge on any atom is -0.371 e. The van der Waals surface area contributed by atoms with Crippen LogP contribution in [0.4, 0.5) is 0 Å². The van der Waals surface area contributed by atoms with E-state index in [1.165, 1.54) is 16.3 Å². The first-order chi connectivity index (χ1) is 8.35. The number of hydrogen-bond acceptors (Lipinski definition) is 1. The molecule has 0 aliphatic carbocycles. The molecular formula is C14H14BrClO. The highest BCUT2D eigenvalue weighted by Crippen LogP contribution is 2.19. The zero-order valence-electron chi connectivity index (χ0n) is 9.40. The third kappa shape index (κ3) is 3.21. The number of benzene rings is 2. The average Bonchev–Trinajstić information content (AvgIpc) is 2.40. The van der Waals surface area contributed by atoms with Gasteiger partial charge in [0.1, 0.15) is 0 Å². The molecule has 0 heterocycles. The van der Waals surface area contributed by atoms with Crippen molar-refractivity contribution in [2.24, 2.45) is 0 Å². The lowest BCUT2D eigenvalue weighted by molar-refractivity contribution is 0.0725. The summed E-state index contributed by atoms with van der Waals surface area (Å²) in [6.45, 7) is 0.602. The van der Waals surface area contributed by atoms with E-state index in [1.807, 2.05) is 6.07 Å². The fourth-order valence-corrected chi connectivity index (χ4v) is 2.63. The molecule has 0 aromatic heterocycles. The van der Waals surface area contributed by atoms with E-state index in [4.69, 9.17) is 16.3 Å². The predicted molar refractivity (Wildman–Crippen MR) is 77.0 cm³/mol. The van der Waals surface area contributed by atoms with Gasteiger partial charge in [-0.3, -0.25) is 0 Å². The molecule has 0 aliphatic heterocycles. The monoisotopic (exact) mass is 312 g/mol. The molecule has 1 nitrogen and oxygen atoms in total. The van der Waals surface area contributed by atoms with Gasteiger partial charge in [0.2, 0.25) is 0 Å². The Bertz CT molecular complexity index is 477. The van der Waals surface area contributed by atoms with Crippen molar-refractivity contribution in [3.63, 3.8) is 0 Å². The van der Waals surface area contributed by atoms with Gasteiger partial charge in [0.15, 0.2) is 0 Å². The Morgan fingerprint density at radius 3 is 2.65 bits per heavy atom. The Balaban J connectivity index is 2.18. The summed E-state index contributed by atoms with van der Waals surface area (Å²) in [6.07, 6.45) is 0.0654. The third-order valence-corrected chi connectivity index (χ3v) is 3.77. The zero-order valence-corrected chi connectivity index (χ0v) is 11.7. The molecule has 0 amide bonds. The van der Waals surface area contributed by atoms with Crippen LogP contribution < -0.4 is 0 Å². The van der Waals surface area contributed by atoms with Gasteiger partial charge in [-0.2, -0.15) is 0 Å².